The van der Waals surface area contributed by atoms with Crippen molar-refractivity contribution >= 4 is 5.91 Å². The van der Waals surface area contributed by atoms with Crippen LogP contribution in [0.5, 0.6) is 5.75 Å². The number of ether oxygens (including phenoxy) is 2. The van der Waals surface area contributed by atoms with E-state index in [-0.39, 0.29) is 18.6 Å². The number of β-amino-alcohol motifs (C(OH)–C–C–N with tert-alkyl or cyclic N) is 1. The number of aliphatic hydroxyl groups excluding tert-OH is 1. The lowest BCUT2D eigenvalue weighted by Gasteiger charge is -2.36. The maximum atomic E-state index is 12.4. The molecule has 6 nitrogen and oxygen atoms in total. The van der Waals surface area contributed by atoms with Crippen molar-refractivity contribution in [2.24, 2.45) is 0 Å². The highest BCUT2D eigenvalue weighted by atomic mass is 16.5. The number of hydrogen-bond acceptors (Lipinski definition) is 5. The summed E-state index contributed by atoms with van der Waals surface area (Å²) in [6.45, 7) is 8.52. The van der Waals surface area contributed by atoms with Gasteiger partial charge in [-0.2, -0.15) is 0 Å². The SMILES string of the molecule is Cc1ccc(C)c(OCC(O)CN2CCN(C(=O)C3CCCO3)CC2)c1. The molecule has 1 amide bonds. The Morgan fingerprint density at radius 2 is 2.08 bits per heavy atom. The minimum Gasteiger partial charge on any atom is -0.491 e. The molecule has 2 saturated heterocycles. The molecule has 2 aliphatic rings. The number of benzene rings is 1. The van der Waals surface area contributed by atoms with Crippen LogP contribution in [0.1, 0.15) is 24.0 Å². The molecular formula is C20H30N2O4. The van der Waals surface area contributed by atoms with Gasteiger partial charge in [-0.05, 0) is 43.9 Å². The lowest BCUT2D eigenvalue weighted by molar-refractivity contribution is -0.142. The second-order valence-corrected chi connectivity index (χ2v) is 7.36. The lowest BCUT2D eigenvalue weighted by Crippen LogP contribution is -2.53. The van der Waals surface area contributed by atoms with Crippen LogP contribution in [0.4, 0.5) is 0 Å². The first-order valence-corrected chi connectivity index (χ1v) is 9.54. The molecule has 3 rings (SSSR count). The number of piperazine rings is 1. The van der Waals surface area contributed by atoms with Gasteiger partial charge in [-0.1, -0.05) is 12.1 Å². The van der Waals surface area contributed by atoms with Gasteiger partial charge in [-0.3, -0.25) is 9.69 Å². The first kappa shape index (κ1) is 19.1. The van der Waals surface area contributed by atoms with Crippen molar-refractivity contribution in [3.05, 3.63) is 29.3 Å². The number of aryl methyl sites for hydroxylation is 2. The van der Waals surface area contributed by atoms with Crippen molar-refractivity contribution in [3.63, 3.8) is 0 Å². The van der Waals surface area contributed by atoms with Crippen LogP contribution in [-0.2, 0) is 9.53 Å². The fourth-order valence-electron chi connectivity index (χ4n) is 3.53. The first-order valence-electron chi connectivity index (χ1n) is 9.54. The van der Waals surface area contributed by atoms with Gasteiger partial charge in [0.2, 0.25) is 0 Å². The summed E-state index contributed by atoms with van der Waals surface area (Å²) in [6, 6.07) is 6.08. The molecule has 6 heteroatoms. The highest BCUT2D eigenvalue weighted by Crippen LogP contribution is 2.19. The molecule has 0 saturated carbocycles. The third kappa shape index (κ3) is 4.96. The van der Waals surface area contributed by atoms with E-state index in [0.29, 0.717) is 26.2 Å². The lowest BCUT2D eigenvalue weighted by atomic mass is 10.1. The number of hydrogen-bond donors (Lipinski definition) is 1. The van der Waals surface area contributed by atoms with Gasteiger partial charge in [0, 0.05) is 39.3 Å². The second kappa shape index (κ2) is 8.84. The quantitative estimate of drug-likeness (QED) is 0.828. The van der Waals surface area contributed by atoms with E-state index in [9.17, 15) is 9.90 Å². The van der Waals surface area contributed by atoms with E-state index in [1.165, 1.54) is 0 Å². The molecule has 1 aromatic carbocycles. The van der Waals surface area contributed by atoms with E-state index >= 15 is 0 Å². The van der Waals surface area contributed by atoms with Gasteiger partial charge in [-0.15, -0.1) is 0 Å². The molecule has 2 unspecified atom stereocenters. The van der Waals surface area contributed by atoms with E-state index in [1.54, 1.807) is 0 Å². The van der Waals surface area contributed by atoms with E-state index < -0.39 is 6.10 Å². The molecule has 0 aromatic heterocycles. The minimum atomic E-state index is -0.546. The predicted molar refractivity (Wildman–Crippen MR) is 99.4 cm³/mol. The Morgan fingerprint density at radius 3 is 2.77 bits per heavy atom. The van der Waals surface area contributed by atoms with E-state index in [1.807, 2.05) is 30.9 Å². The molecule has 0 bridgehead atoms. The van der Waals surface area contributed by atoms with Crippen molar-refractivity contribution in [2.45, 2.75) is 38.9 Å². The summed E-state index contributed by atoms with van der Waals surface area (Å²) in [5.74, 6) is 0.956. The standard InChI is InChI=1S/C20H30N2O4/c1-15-5-6-16(2)19(12-15)26-14-17(23)13-21-7-9-22(10-8-21)20(24)18-4-3-11-25-18/h5-6,12,17-18,23H,3-4,7-11,13-14H2,1-2H3. The molecule has 1 N–H and O–H groups in total. The topological polar surface area (TPSA) is 62.2 Å². The van der Waals surface area contributed by atoms with Crippen LogP contribution >= 0.6 is 0 Å². The van der Waals surface area contributed by atoms with Crippen molar-refractivity contribution < 1.29 is 19.4 Å². The van der Waals surface area contributed by atoms with Gasteiger partial charge in [-0.25, -0.2) is 0 Å². The van der Waals surface area contributed by atoms with Crippen molar-refractivity contribution in [3.8, 4) is 5.75 Å². The van der Waals surface area contributed by atoms with Gasteiger partial charge >= 0.3 is 0 Å². The van der Waals surface area contributed by atoms with Gasteiger partial charge in [0.05, 0.1) is 0 Å². The largest absolute Gasteiger partial charge is 0.491 e. The minimum absolute atomic E-state index is 0.126. The molecule has 0 spiro atoms. The number of aliphatic hydroxyl groups is 1. The molecule has 2 heterocycles. The van der Waals surface area contributed by atoms with Gasteiger partial charge < -0.3 is 19.5 Å². The summed E-state index contributed by atoms with van der Waals surface area (Å²) in [5.41, 5.74) is 2.22. The Labute approximate surface area is 155 Å². The summed E-state index contributed by atoms with van der Waals surface area (Å²) in [7, 11) is 0. The summed E-state index contributed by atoms with van der Waals surface area (Å²) in [5, 5.41) is 10.3. The third-order valence-corrected chi connectivity index (χ3v) is 5.13. The van der Waals surface area contributed by atoms with Crippen molar-refractivity contribution in [1.29, 1.82) is 0 Å². The fourth-order valence-corrected chi connectivity index (χ4v) is 3.53. The molecule has 2 fully saturated rings. The van der Waals surface area contributed by atoms with Crippen LogP contribution in [0, 0.1) is 13.8 Å². The maximum absolute atomic E-state index is 12.4. The van der Waals surface area contributed by atoms with Crippen LogP contribution in [0.15, 0.2) is 18.2 Å². The van der Waals surface area contributed by atoms with Crippen molar-refractivity contribution in [2.75, 3.05) is 45.9 Å². The average molecular weight is 362 g/mol. The van der Waals surface area contributed by atoms with Crippen LogP contribution in [0.2, 0.25) is 0 Å². The van der Waals surface area contributed by atoms with Crippen LogP contribution in [0.3, 0.4) is 0 Å². The predicted octanol–water partition coefficient (Wildman–Crippen LogP) is 1.37. The zero-order valence-corrected chi connectivity index (χ0v) is 15.8. The van der Waals surface area contributed by atoms with Gasteiger partial charge in [0.25, 0.3) is 5.91 Å². The Hall–Kier alpha value is -1.63. The number of carbonyl (C=O) groups is 1. The number of rotatable bonds is 6. The second-order valence-electron chi connectivity index (χ2n) is 7.36. The highest BCUT2D eigenvalue weighted by Gasteiger charge is 2.30. The third-order valence-electron chi connectivity index (χ3n) is 5.13. The summed E-state index contributed by atoms with van der Waals surface area (Å²) in [4.78, 5) is 16.4. The van der Waals surface area contributed by atoms with Crippen molar-refractivity contribution in [1.82, 2.24) is 9.80 Å². The van der Waals surface area contributed by atoms with E-state index in [4.69, 9.17) is 9.47 Å². The normalized spacial score (nSPS) is 22.4. The first-order chi connectivity index (χ1) is 12.5. The Balaban J connectivity index is 1.39. The summed E-state index contributed by atoms with van der Waals surface area (Å²) in [6.07, 6.45) is 1.03. The Bertz CT molecular complexity index is 608. The van der Waals surface area contributed by atoms with Gasteiger partial charge in [0.15, 0.2) is 0 Å². The fraction of sp³-hybridized carbons (Fsp3) is 0.650. The summed E-state index contributed by atoms with van der Waals surface area (Å²) >= 11 is 0. The molecule has 26 heavy (non-hydrogen) atoms. The molecular weight excluding hydrogens is 332 g/mol. The van der Waals surface area contributed by atoms with Crippen LogP contribution < -0.4 is 4.74 Å². The van der Waals surface area contributed by atoms with Crippen LogP contribution in [-0.4, -0.2) is 79.0 Å². The molecule has 1 aromatic rings. The van der Waals surface area contributed by atoms with E-state index in [2.05, 4.69) is 11.0 Å². The van der Waals surface area contributed by atoms with E-state index in [0.717, 1.165) is 42.8 Å². The number of nitrogens with zero attached hydrogens (tertiary/aromatic N) is 2. The number of amides is 1. The zero-order valence-electron chi connectivity index (χ0n) is 15.8. The van der Waals surface area contributed by atoms with Crippen LogP contribution in [0.25, 0.3) is 0 Å². The summed E-state index contributed by atoms with van der Waals surface area (Å²) < 4.78 is 11.3. The maximum Gasteiger partial charge on any atom is 0.251 e. The highest BCUT2D eigenvalue weighted by molar-refractivity contribution is 5.81. The molecule has 144 valence electrons. The molecule has 2 aliphatic heterocycles. The monoisotopic (exact) mass is 362 g/mol. The molecule has 0 radical (unpaired) electrons. The molecule has 0 aliphatic carbocycles. The average Bonchev–Trinajstić information content (AvgIpc) is 3.17. The Morgan fingerprint density at radius 1 is 1.31 bits per heavy atom. The zero-order chi connectivity index (χ0) is 18.5. The molecule has 2 atom stereocenters. The van der Waals surface area contributed by atoms with Gasteiger partial charge in [0.1, 0.15) is 24.6 Å². The number of carbonyl (C=O) groups excluding carboxylic acids is 1. The smallest absolute Gasteiger partial charge is 0.251 e. The Kier molecular flexibility index (Phi) is 6.51.